The second-order valence-corrected chi connectivity index (χ2v) is 8.50. The summed E-state index contributed by atoms with van der Waals surface area (Å²) in [5.74, 6) is 0.833. The van der Waals surface area contributed by atoms with E-state index >= 15 is 0 Å². The molecule has 2 aromatic rings. The fraction of sp³-hybridized carbons (Fsp3) is 0.474. The summed E-state index contributed by atoms with van der Waals surface area (Å²) in [4.78, 5) is 12.3. The Bertz CT molecular complexity index is 902. The van der Waals surface area contributed by atoms with E-state index < -0.39 is 16.1 Å². The zero-order valence-electron chi connectivity index (χ0n) is 16.8. The monoisotopic (exact) mass is 409 g/mol. The predicted molar refractivity (Wildman–Crippen MR) is 105 cm³/mol. The van der Waals surface area contributed by atoms with E-state index in [-0.39, 0.29) is 35.6 Å². The second kappa shape index (κ2) is 9.20. The van der Waals surface area contributed by atoms with Crippen molar-refractivity contribution in [2.45, 2.75) is 51.5 Å². The number of sulfonamides is 1. The van der Waals surface area contributed by atoms with Crippen LogP contribution in [-0.2, 0) is 14.8 Å². The van der Waals surface area contributed by atoms with Crippen LogP contribution in [0.2, 0.25) is 0 Å². The second-order valence-electron chi connectivity index (χ2n) is 6.79. The number of ether oxygens (including phenoxy) is 1. The number of hydrogen-bond acceptors (Lipinski definition) is 6. The van der Waals surface area contributed by atoms with Crippen molar-refractivity contribution in [1.29, 1.82) is 0 Å². The molecule has 1 aromatic heterocycles. The molecule has 0 radical (unpaired) electrons. The topological polar surface area (TPSA) is 111 Å². The Hall–Kier alpha value is -2.39. The molecule has 1 amide bonds. The lowest BCUT2D eigenvalue weighted by Crippen LogP contribution is -2.40. The Morgan fingerprint density at radius 3 is 2.46 bits per heavy atom. The largest absolute Gasteiger partial charge is 0.481 e. The number of carbonyl (C=O) groups is 1. The van der Waals surface area contributed by atoms with Crippen molar-refractivity contribution in [1.82, 2.24) is 15.2 Å². The Kier molecular flexibility index (Phi) is 7.20. The van der Waals surface area contributed by atoms with Gasteiger partial charge >= 0.3 is 0 Å². The highest BCUT2D eigenvalue weighted by atomic mass is 32.2. The summed E-state index contributed by atoms with van der Waals surface area (Å²) in [7, 11) is -3.75. The molecule has 28 heavy (non-hydrogen) atoms. The first kappa shape index (κ1) is 21.9. The number of aromatic nitrogens is 1. The highest BCUT2D eigenvalue weighted by Crippen LogP contribution is 2.26. The van der Waals surface area contributed by atoms with Crippen molar-refractivity contribution in [3.05, 3.63) is 41.3 Å². The zero-order chi connectivity index (χ0) is 20.9. The van der Waals surface area contributed by atoms with Crippen LogP contribution in [0.1, 0.15) is 43.7 Å². The number of amides is 1. The lowest BCUT2D eigenvalue weighted by molar-refractivity contribution is -0.127. The number of benzene rings is 1. The molecule has 1 unspecified atom stereocenters. The van der Waals surface area contributed by atoms with E-state index in [1.165, 1.54) is 6.92 Å². The highest BCUT2D eigenvalue weighted by Gasteiger charge is 2.24. The van der Waals surface area contributed by atoms with Gasteiger partial charge in [-0.2, -0.15) is 0 Å². The molecule has 154 valence electrons. The first-order valence-electron chi connectivity index (χ1n) is 9.09. The normalized spacial score (nSPS) is 12.8. The lowest BCUT2D eigenvalue weighted by Gasteiger charge is -2.18. The first-order valence-corrected chi connectivity index (χ1v) is 10.6. The van der Waals surface area contributed by atoms with E-state index in [0.717, 1.165) is 5.56 Å². The molecule has 9 heteroatoms. The Morgan fingerprint density at radius 2 is 1.86 bits per heavy atom. The molecule has 0 spiro atoms. The van der Waals surface area contributed by atoms with Gasteiger partial charge in [-0.1, -0.05) is 37.2 Å². The third kappa shape index (κ3) is 5.32. The summed E-state index contributed by atoms with van der Waals surface area (Å²) >= 11 is 0. The van der Waals surface area contributed by atoms with E-state index in [2.05, 4.69) is 29.0 Å². The third-order valence-electron chi connectivity index (χ3n) is 4.17. The van der Waals surface area contributed by atoms with Crippen molar-refractivity contribution >= 4 is 15.9 Å². The molecule has 8 nitrogen and oxygen atoms in total. The number of hydrogen-bond donors (Lipinski definition) is 2. The van der Waals surface area contributed by atoms with Crippen molar-refractivity contribution in [2.24, 2.45) is 0 Å². The van der Waals surface area contributed by atoms with E-state index in [0.29, 0.717) is 11.4 Å². The van der Waals surface area contributed by atoms with Crippen LogP contribution in [0.5, 0.6) is 5.75 Å². The molecule has 0 aliphatic carbocycles. The van der Waals surface area contributed by atoms with Crippen molar-refractivity contribution in [3.63, 3.8) is 0 Å². The molecular weight excluding hydrogens is 382 g/mol. The van der Waals surface area contributed by atoms with Crippen LogP contribution in [0.15, 0.2) is 33.7 Å². The number of carbonyl (C=O) groups excluding carboxylic acids is 1. The van der Waals surface area contributed by atoms with Gasteiger partial charge in [-0.25, -0.2) is 13.1 Å². The van der Waals surface area contributed by atoms with Crippen molar-refractivity contribution in [3.8, 4) is 5.75 Å². The maximum absolute atomic E-state index is 12.3. The number of para-hydroxylation sites is 1. The smallest absolute Gasteiger partial charge is 0.260 e. The molecule has 2 rings (SSSR count). The van der Waals surface area contributed by atoms with Gasteiger partial charge in [0.25, 0.3) is 5.91 Å². The molecular formula is C19H27N3O5S. The van der Waals surface area contributed by atoms with E-state index in [1.807, 2.05) is 24.3 Å². The van der Waals surface area contributed by atoms with Gasteiger partial charge in [-0.3, -0.25) is 4.79 Å². The molecule has 0 saturated carbocycles. The van der Waals surface area contributed by atoms with E-state index in [9.17, 15) is 13.2 Å². The van der Waals surface area contributed by atoms with E-state index in [1.54, 1.807) is 13.8 Å². The Balaban J connectivity index is 1.86. The minimum Gasteiger partial charge on any atom is -0.481 e. The summed E-state index contributed by atoms with van der Waals surface area (Å²) in [5, 5.41) is 6.31. The van der Waals surface area contributed by atoms with Gasteiger partial charge in [0.05, 0.1) is 0 Å². The van der Waals surface area contributed by atoms with Crippen molar-refractivity contribution < 1.29 is 22.5 Å². The van der Waals surface area contributed by atoms with Crippen LogP contribution in [-0.4, -0.2) is 38.7 Å². The molecule has 0 aliphatic rings. The molecule has 2 N–H and O–H groups in total. The third-order valence-corrected chi connectivity index (χ3v) is 5.87. The summed E-state index contributed by atoms with van der Waals surface area (Å²) in [5.41, 5.74) is 1.31. The van der Waals surface area contributed by atoms with E-state index in [4.69, 9.17) is 9.26 Å². The fourth-order valence-electron chi connectivity index (χ4n) is 2.75. The maximum Gasteiger partial charge on any atom is 0.260 e. The van der Waals surface area contributed by atoms with Gasteiger partial charge in [-0.05, 0) is 38.3 Å². The molecule has 1 aromatic carbocycles. The van der Waals surface area contributed by atoms with Crippen LogP contribution in [0.25, 0.3) is 0 Å². The minimum atomic E-state index is -3.75. The summed E-state index contributed by atoms with van der Waals surface area (Å²) < 4.78 is 37.7. The number of aryl methyl sites for hydroxylation is 2. The predicted octanol–water partition coefficient (Wildman–Crippen LogP) is 2.28. The van der Waals surface area contributed by atoms with Crippen LogP contribution in [0.4, 0.5) is 0 Å². The SMILES string of the molecule is Cc1noc(C)c1S(=O)(=O)NCCNC(=O)C(C)Oc1ccccc1C(C)C. The molecule has 0 bridgehead atoms. The average Bonchev–Trinajstić information content (AvgIpc) is 2.98. The summed E-state index contributed by atoms with van der Waals surface area (Å²) in [6, 6.07) is 7.58. The van der Waals surface area contributed by atoms with Gasteiger partial charge in [-0.15, -0.1) is 0 Å². The number of nitrogens with one attached hydrogen (secondary N) is 2. The molecule has 1 atom stereocenters. The van der Waals surface area contributed by atoms with Gasteiger partial charge < -0.3 is 14.6 Å². The van der Waals surface area contributed by atoms with Gasteiger partial charge in [0.1, 0.15) is 16.3 Å². The van der Waals surface area contributed by atoms with Crippen LogP contribution in [0, 0.1) is 13.8 Å². The molecule has 0 fully saturated rings. The van der Waals surface area contributed by atoms with Crippen molar-refractivity contribution in [2.75, 3.05) is 13.1 Å². The zero-order valence-corrected chi connectivity index (χ0v) is 17.6. The number of nitrogens with zero attached hydrogens (tertiary/aromatic N) is 1. The van der Waals surface area contributed by atoms with Gasteiger partial charge in [0.15, 0.2) is 11.9 Å². The molecule has 0 saturated heterocycles. The average molecular weight is 410 g/mol. The molecule has 0 aliphatic heterocycles. The van der Waals surface area contributed by atoms with Crippen LogP contribution < -0.4 is 14.8 Å². The van der Waals surface area contributed by atoms with Gasteiger partial charge in [0, 0.05) is 13.1 Å². The highest BCUT2D eigenvalue weighted by molar-refractivity contribution is 7.89. The van der Waals surface area contributed by atoms with Gasteiger partial charge in [0.2, 0.25) is 10.0 Å². The lowest BCUT2D eigenvalue weighted by atomic mass is 10.0. The Morgan fingerprint density at radius 1 is 1.18 bits per heavy atom. The standard InChI is InChI=1S/C19H27N3O5S/c1-12(2)16-8-6-7-9-17(16)26-15(5)19(23)20-10-11-21-28(24,25)18-13(3)22-27-14(18)4/h6-9,12,15,21H,10-11H2,1-5H3,(H,20,23). The fourth-order valence-corrected chi connectivity index (χ4v) is 4.11. The maximum atomic E-state index is 12.3. The summed E-state index contributed by atoms with van der Waals surface area (Å²) in [6.07, 6.45) is -0.709. The quantitative estimate of drug-likeness (QED) is 0.615. The summed E-state index contributed by atoms with van der Waals surface area (Å²) in [6.45, 7) is 9.01. The van der Waals surface area contributed by atoms with Crippen LogP contribution in [0.3, 0.4) is 0 Å². The minimum absolute atomic E-state index is 0.0285. The first-order chi connectivity index (χ1) is 13.1. The molecule has 1 heterocycles. The Labute approximate surface area is 165 Å². The number of rotatable bonds is 9. The van der Waals surface area contributed by atoms with Crippen LogP contribution >= 0.6 is 0 Å².